The highest BCUT2D eigenvalue weighted by Crippen LogP contribution is 2.21. The Balaban J connectivity index is 1.52. The van der Waals surface area contributed by atoms with Gasteiger partial charge in [0.05, 0.1) is 16.6 Å². The van der Waals surface area contributed by atoms with Crippen LogP contribution in [0.4, 0.5) is 0 Å². The summed E-state index contributed by atoms with van der Waals surface area (Å²) in [5, 5.41) is 12.6. The number of hydrogen-bond donors (Lipinski definition) is 3. The molecule has 0 amide bonds. The molecular formula is C23H24N8. The molecule has 8 nitrogen and oxygen atoms in total. The second-order valence-corrected chi connectivity index (χ2v) is 7.70. The molecule has 156 valence electrons. The Labute approximate surface area is 179 Å². The summed E-state index contributed by atoms with van der Waals surface area (Å²) in [5.41, 5.74) is 5.90. The zero-order valence-electron chi connectivity index (χ0n) is 17.6. The van der Waals surface area contributed by atoms with Crippen LogP contribution in [0.1, 0.15) is 19.0 Å². The number of fused-ring (bicyclic) bond motifs is 1. The Morgan fingerprint density at radius 3 is 2.97 bits per heavy atom. The van der Waals surface area contributed by atoms with E-state index in [1.807, 2.05) is 29.8 Å². The van der Waals surface area contributed by atoms with Gasteiger partial charge in [-0.1, -0.05) is 18.7 Å². The minimum absolute atomic E-state index is 0.656. The van der Waals surface area contributed by atoms with Crippen LogP contribution in [-0.2, 0) is 0 Å². The van der Waals surface area contributed by atoms with Crippen molar-refractivity contribution in [1.82, 2.24) is 40.0 Å². The maximum Gasteiger partial charge on any atom is 0.166 e. The summed E-state index contributed by atoms with van der Waals surface area (Å²) in [7, 11) is 0. The van der Waals surface area contributed by atoms with Gasteiger partial charge in [-0.3, -0.25) is 9.67 Å². The van der Waals surface area contributed by atoms with E-state index in [4.69, 9.17) is 4.98 Å². The van der Waals surface area contributed by atoms with Gasteiger partial charge >= 0.3 is 0 Å². The van der Waals surface area contributed by atoms with Gasteiger partial charge in [-0.05, 0) is 50.1 Å². The summed E-state index contributed by atoms with van der Waals surface area (Å²) in [6.45, 7) is 10.3. The highest BCUT2D eigenvalue weighted by molar-refractivity contribution is 5.84. The number of imidazole rings is 2. The van der Waals surface area contributed by atoms with Crippen molar-refractivity contribution in [3.8, 4) is 17.3 Å². The lowest BCUT2D eigenvalue weighted by atomic mass is 10.0. The summed E-state index contributed by atoms with van der Waals surface area (Å²) in [6.07, 6.45) is 12.9. The van der Waals surface area contributed by atoms with Gasteiger partial charge in [-0.25, -0.2) is 15.0 Å². The molecule has 0 saturated carbocycles. The molecule has 0 aromatic carbocycles. The van der Waals surface area contributed by atoms with Crippen LogP contribution < -0.4 is 15.9 Å². The van der Waals surface area contributed by atoms with Crippen LogP contribution >= 0.6 is 0 Å². The highest BCUT2D eigenvalue weighted by atomic mass is 15.1. The number of nitrogens with one attached hydrogen (secondary N) is 3. The summed E-state index contributed by atoms with van der Waals surface area (Å²) < 4.78 is 1.88. The van der Waals surface area contributed by atoms with E-state index in [1.54, 1.807) is 12.5 Å². The van der Waals surface area contributed by atoms with Gasteiger partial charge in [0.25, 0.3) is 0 Å². The van der Waals surface area contributed by atoms with E-state index < -0.39 is 0 Å². The number of pyridine rings is 1. The molecule has 0 bridgehead atoms. The van der Waals surface area contributed by atoms with Crippen molar-refractivity contribution in [1.29, 1.82) is 0 Å². The maximum atomic E-state index is 4.78. The Bertz CT molecular complexity index is 1430. The van der Waals surface area contributed by atoms with E-state index in [0.29, 0.717) is 11.5 Å². The van der Waals surface area contributed by atoms with E-state index >= 15 is 0 Å². The number of nitrogens with zero attached hydrogens (tertiary/aromatic N) is 5. The smallest absolute Gasteiger partial charge is 0.166 e. The lowest BCUT2D eigenvalue weighted by molar-refractivity contribution is 0.707. The standard InChI is InChI=1S/C23H24N8/c1-14(17-6-9-24-10-7-17)4-5-18-16(3)20(30-29-18)22-27-19-8-11-25-23(21(19)28-22)31-12-15(2)26-13-31/h4-6,8,11-13,24,29H,3,7,9-10H2,1-2H3,(H,27,28)/b14-4+,18-5+. The number of allylic oxidation sites excluding steroid dienone is 2. The van der Waals surface area contributed by atoms with E-state index in [-0.39, 0.29) is 0 Å². The predicted octanol–water partition coefficient (Wildman–Crippen LogP) is 1.90. The first-order valence-corrected chi connectivity index (χ1v) is 10.3. The normalized spacial score (nSPS) is 15.6. The van der Waals surface area contributed by atoms with Crippen LogP contribution in [0, 0.1) is 6.92 Å². The molecule has 1 aliphatic rings. The average molecular weight is 413 g/mol. The molecule has 3 N–H and O–H groups in total. The molecule has 4 aromatic heterocycles. The molecule has 0 spiro atoms. The van der Waals surface area contributed by atoms with Gasteiger partial charge in [0.15, 0.2) is 11.6 Å². The van der Waals surface area contributed by atoms with Gasteiger partial charge < -0.3 is 10.3 Å². The average Bonchev–Trinajstić information content (AvgIpc) is 3.50. The molecule has 0 radical (unpaired) electrons. The number of H-pyrrole nitrogens is 2. The van der Waals surface area contributed by atoms with Crippen LogP contribution in [0.3, 0.4) is 0 Å². The molecule has 0 fully saturated rings. The minimum Gasteiger partial charge on any atom is -0.336 e. The summed E-state index contributed by atoms with van der Waals surface area (Å²) in [6, 6.07) is 1.90. The lowest BCUT2D eigenvalue weighted by Gasteiger charge is -2.13. The van der Waals surface area contributed by atoms with Crippen LogP contribution in [0.15, 0.2) is 48.1 Å². The van der Waals surface area contributed by atoms with Crippen LogP contribution in [0.25, 0.3) is 41.0 Å². The van der Waals surface area contributed by atoms with Crippen molar-refractivity contribution in [2.45, 2.75) is 20.3 Å². The van der Waals surface area contributed by atoms with Gasteiger partial charge in [0, 0.05) is 24.2 Å². The third-order valence-electron chi connectivity index (χ3n) is 5.53. The Kier molecular flexibility index (Phi) is 4.83. The fraction of sp³-hybridized carbons (Fsp3) is 0.217. The zero-order valence-corrected chi connectivity index (χ0v) is 17.6. The first-order valence-electron chi connectivity index (χ1n) is 10.3. The second kappa shape index (κ2) is 7.81. The van der Waals surface area contributed by atoms with Crippen molar-refractivity contribution < 1.29 is 0 Å². The van der Waals surface area contributed by atoms with Crippen LogP contribution in [-0.4, -0.2) is 47.8 Å². The number of aryl methyl sites for hydroxylation is 1. The van der Waals surface area contributed by atoms with Crippen molar-refractivity contribution in [3.05, 3.63) is 64.3 Å². The molecular weight excluding hydrogens is 388 g/mol. The Morgan fingerprint density at radius 2 is 2.19 bits per heavy atom. The molecule has 8 heteroatoms. The summed E-state index contributed by atoms with van der Waals surface area (Å²) in [5.74, 6) is 1.38. The van der Waals surface area contributed by atoms with Crippen LogP contribution in [0.5, 0.6) is 0 Å². The topological polar surface area (TPSA) is 100 Å². The molecule has 5 heterocycles. The third kappa shape index (κ3) is 3.62. The van der Waals surface area contributed by atoms with Crippen LogP contribution in [0.2, 0.25) is 0 Å². The largest absolute Gasteiger partial charge is 0.336 e. The molecule has 0 unspecified atom stereocenters. The first-order chi connectivity index (χ1) is 15.1. The Hall–Kier alpha value is -3.78. The number of aromatic amines is 2. The van der Waals surface area contributed by atoms with E-state index in [1.165, 1.54) is 11.1 Å². The number of rotatable bonds is 4. The maximum absolute atomic E-state index is 4.78. The number of hydrogen-bond acceptors (Lipinski definition) is 5. The minimum atomic E-state index is 0.656. The van der Waals surface area contributed by atoms with Gasteiger partial charge in [0.1, 0.15) is 17.5 Å². The molecule has 31 heavy (non-hydrogen) atoms. The van der Waals surface area contributed by atoms with Gasteiger partial charge in [-0.2, -0.15) is 5.10 Å². The van der Waals surface area contributed by atoms with Crippen molar-refractivity contribution in [2.24, 2.45) is 0 Å². The molecule has 0 aliphatic carbocycles. The van der Waals surface area contributed by atoms with Gasteiger partial charge in [0.2, 0.25) is 0 Å². The van der Waals surface area contributed by atoms with E-state index in [2.05, 4.69) is 56.1 Å². The van der Waals surface area contributed by atoms with Gasteiger partial charge in [-0.15, -0.1) is 0 Å². The zero-order chi connectivity index (χ0) is 21.4. The molecule has 5 rings (SSSR count). The quantitative estimate of drug-likeness (QED) is 0.475. The SMILES string of the molecule is C=c1c(-c2nc3c(-n4cnc(C)c4)nccc3[nH]2)n[nH]/c1=C/C=C(\C)C1=CCNCC1. The molecule has 0 atom stereocenters. The fourth-order valence-electron chi connectivity index (χ4n) is 3.77. The molecule has 1 aliphatic heterocycles. The van der Waals surface area contributed by atoms with E-state index in [0.717, 1.165) is 52.6 Å². The monoisotopic (exact) mass is 412 g/mol. The lowest BCUT2D eigenvalue weighted by Crippen LogP contribution is -2.22. The summed E-state index contributed by atoms with van der Waals surface area (Å²) in [4.78, 5) is 16.9. The fourth-order valence-corrected chi connectivity index (χ4v) is 3.77. The molecule has 4 aromatic rings. The van der Waals surface area contributed by atoms with E-state index in [9.17, 15) is 0 Å². The van der Waals surface area contributed by atoms with Crippen molar-refractivity contribution >= 4 is 23.7 Å². The first kappa shape index (κ1) is 19.2. The molecule has 0 saturated heterocycles. The highest BCUT2D eigenvalue weighted by Gasteiger charge is 2.14. The third-order valence-corrected chi connectivity index (χ3v) is 5.53. The summed E-state index contributed by atoms with van der Waals surface area (Å²) >= 11 is 0. The Morgan fingerprint density at radius 1 is 1.29 bits per heavy atom. The van der Waals surface area contributed by atoms with Crippen molar-refractivity contribution in [2.75, 3.05) is 13.1 Å². The number of aromatic nitrogens is 7. The second-order valence-electron chi connectivity index (χ2n) is 7.70. The van der Waals surface area contributed by atoms with Crippen molar-refractivity contribution in [3.63, 3.8) is 0 Å². The predicted molar refractivity (Wildman–Crippen MR) is 122 cm³/mol.